The van der Waals surface area contributed by atoms with Gasteiger partial charge < -0.3 is 5.32 Å². The van der Waals surface area contributed by atoms with Gasteiger partial charge in [0.2, 0.25) is 0 Å². The lowest BCUT2D eigenvalue weighted by molar-refractivity contribution is 0.497. The maximum Gasteiger partial charge on any atom is 0.0708 e. The second-order valence-corrected chi connectivity index (χ2v) is 5.74. The predicted octanol–water partition coefficient (Wildman–Crippen LogP) is 3.99. The van der Waals surface area contributed by atoms with Crippen LogP contribution in [0.3, 0.4) is 0 Å². The Kier molecular flexibility index (Phi) is 3.52. The van der Waals surface area contributed by atoms with E-state index in [9.17, 15) is 0 Å². The molecular weight excluding hydrogens is 232 g/mol. The first-order chi connectivity index (χ1) is 9.28. The van der Waals surface area contributed by atoms with E-state index in [0.29, 0.717) is 6.04 Å². The summed E-state index contributed by atoms with van der Waals surface area (Å²) in [7, 11) is 2.05. The Morgan fingerprint density at radius 2 is 2.11 bits per heavy atom. The van der Waals surface area contributed by atoms with Gasteiger partial charge in [-0.2, -0.15) is 0 Å². The molecule has 3 rings (SSSR count). The molecule has 0 bridgehead atoms. The van der Waals surface area contributed by atoms with Crippen molar-refractivity contribution in [2.45, 2.75) is 38.6 Å². The molecule has 2 nitrogen and oxygen atoms in total. The van der Waals surface area contributed by atoms with E-state index in [0.717, 1.165) is 11.4 Å². The third kappa shape index (κ3) is 2.79. The highest BCUT2D eigenvalue weighted by Gasteiger charge is 2.23. The molecule has 1 aromatic heterocycles. The lowest BCUT2D eigenvalue weighted by Crippen LogP contribution is -2.18. The molecule has 100 valence electrons. The molecule has 1 unspecified atom stereocenters. The fourth-order valence-electron chi connectivity index (χ4n) is 2.80. The van der Waals surface area contributed by atoms with Gasteiger partial charge in [0.15, 0.2) is 0 Å². The van der Waals surface area contributed by atoms with Gasteiger partial charge >= 0.3 is 0 Å². The van der Waals surface area contributed by atoms with E-state index in [1.807, 2.05) is 7.05 Å². The molecule has 0 radical (unpaired) electrons. The van der Waals surface area contributed by atoms with Crippen LogP contribution in [0.15, 0.2) is 30.3 Å². The summed E-state index contributed by atoms with van der Waals surface area (Å²) in [6.07, 6.45) is 5.40. The van der Waals surface area contributed by atoms with E-state index in [1.54, 1.807) is 0 Å². The van der Waals surface area contributed by atoms with Crippen molar-refractivity contribution in [3.8, 4) is 0 Å². The summed E-state index contributed by atoms with van der Waals surface area (Å²) in [6.45, 7) is 2.18. The molecule has 0 spiro atoms. The average Bonchev–Trinajstić information content (AvgIpc) is 3.24. The molecule has 2 aromatic rings. The highest BCUT2D eigenvalue weighted by Crippen LogP contribution is 2.36. The zero-order chi connectivity index (χ0) is 13.2. The van der Waals surface area contributed by atoms with Crippen molar-refractivity contribution in [2.24, 2.45) is 5.92 Å². The SMILES string of the molecule is CNC(CCC1CC1)c1cc(C)c2ccccc2n1. The first-order valence-electron chi connectivity index (χ1n) is 7.31. The highest BCUT2D eigenvalue weighted by molar-refractivity contribution is 5.82. The number of pyridine rings is 1. The van der Waals surface area contributed by atoms with Crippen LogP contribution in [0.25, 0.3) is 10.9 Å². The number of fused-ring (bicyclic) bond motifs is 1. The molecule has 1 aromatic carbocycles. The van der Waals surface area contributed by atoms with Gasteiger partial charge in [-0.05, 0) is 50.4 Å². The smallest absolute Gasteiger partial charge is 0.0708 e. The van der Waals surface area contributed by atoms with E-state index in [4.69, 9.17) is 4.98 Å². The Hall–Kier alpha value is -1.41. The normalized spacial score (nSPS) is 16.7. The second-order valence-electron chi connectivity index (χ2n) is 5.74. The van der Waals surface area contributed by atoms with E-state index in [1.165, 1.54) is 42.3 Å². The third-order valence-electron chi connectivity index (χ3n) is 4.21. The summed E-state index contributed by atoms with van der Waals surface area (Å²) in [5, 5.41) is 4.70. The fourth-order valence-corrected chi connectivity index (χ4v) is 2.80. The molecule has 1 aliphatic carbocycles. The molecule has 0 aliphatic heterocycles. The van der Waals surface area contributed by atoms with Crippen molar-refractivity contribution >= 4 is 10.9 Å². The van der Waals surface area contributed by atoms with E-state index >= 15 is 0 Å². The van der Waals surface area contributed by atoms with Gasteiger partial charge in [0.25, 0.3) is 0 Å². The molecule has 2 heteroatoms. The van der Waals surface area contributed by atoms with Crippen LogP contribution in [-0.2, 0) is 0 Å². The van der Waals surface area contributed by atoms with Gasteiger partial charge in [-0.1, -0.05) is 31.0 Å². The Morgan fingerprint density at radius 3 is 2.84 bits per heavy atom. The van der Waals surface area contributed by atoms with Crippen LogP contribution >= 0.6 is 0 Å². The monoisotopic (exact) mass is 254 g/mol. The van der Waals surface area contributed by atoms with Crippen molar-refractivity contribution in [1.29, 1.82) is 0 Å². The minimum Gasteiger partial charge on any atom is -0.312 e. The van der Waals surface area contributed by atoms with Crippen LogP contribution in [0.1, 0.15) is 43.0 Å². The average molecular weight is 254 g/mol. The van der Waals surface area contributed by atoms with Crippen LogP contribution < -0.4 is 5.32 Å². The molecule has 1 N–H and O–H groups in total. The van der Waals surface area contributed by atoms with Crippen LogP contribution in [0.2, 0.25) is 0 Å². The van der Waals surface area contributed by atoms with Gasteiger partial charge in [0.1, 0.15) is 0 Å². The Labute approximate surface area is 115 Å². The molecule has 19 heavy (non-hydrogen) atoms. The summed E-state index contributed by atoms with van der Waals surface area (Å²) in [5.41, 5.74) is 3.63. The van der Waals surface area contributed by atoms with Crippen LogP contribution in [0.5, 0.6) is 0 Å². The van der Waals surface area contributed by atoms with E-state index < -0.39 is 0 Å². The van der Waals surface area contributed by atoms with Crippen LogP contribution in [0, 0.1) is 12.8 Å². The maximum absolute atomic E-state index is 4.84. The maximum atomic E-state index is 4.84. The number of nitrogens with zero attached hydrogens (tertiary/aromatic N) is 1. The predicted molar refractivity (Wildman–Crippen MR) is 80.2 cm³/mol. The summed E-state index contributed by atoms with van der Waals surface area (Å²) in [4.78, 5) is 4.84. The number of benzene rings is 1. The summed E-state index contributed by atoms with van der Waals surface area (Å²) >= 11 is 0. The molecule has 1 aliphatic rings. The van der Waals surface area contributed by atoms with Crippen molar-refractivity contribution in [3.05, 3.63) is 41.6 Å². The quantitative estimate of drug-likeness (QED) is 0.872. The van der Waals surface area contributed by atoms with Crippen molar-refractivity contribution in [2.75, 3.05) is 7.05 Å². The number of para-hydroxylation sites is 1. The number of aromatic nitrogens is 1. The number of nitrogens with one attached hydrogen (secondary N) is 1. The van der Waals surface area contributed by atoms with Crippen molar-refractivity contribution in [3.63, 3.8) is 0 Å². The first kappa shape index (κ1) is 12.6. The first-order valence-corrected chi connectivity index (χ1v) is 7.31. The number of hydrogen-bond acceptors (Lipinski definition) is 2. The summed E-state index contributed by atoms with van der Waals surface area (Å²) < 4.78 is 0. The highest BCUT2D eigenvalue weighted by atomic mass is 14.9. The van der Waals surface area contributed by atoms with Gasteiger partial charge in [0.05, 0.1) is 11.2 Å². The second kappa shape index (κ2) is 5.30. The number of aryl methyl sites for hydroxylation is 1. The third-order valence-corrected chi connectivity index (χ3v) is 4.21. The minimum atomic E-state index is 0.393. The largest absolute Gasteiger partial charge is 0.312 e. The van der Waals surface area contributed by atoms with Crippen molar-refractivity contribution < 1.29 is 0 Å². The Morgan fingerprint density at radius 1 is 1.32 bits per heavy atom. The Bertz CT molecular complexity index is 572. The standard InChI is InChI=1S/C17H22N2/c1-12-11-17(16(18-2)10-9-13-7-8-13)19-15-6-4-3-5-14(12)15/h3-6,11,13,16,18H,7-10H2,1-2H3. The zero-order valence-corrected chi connectivity index (χ0v) is 11.8. The van der Waals surface area contributed by atoms with Gasteiger partial charge in [-0.3, -0.25) is 4.98 Å². The minimum absolute atomic E-state index is 0.393. The number of rotatable bonds is 5. The Balaban J connectivity index is 1.88. The van der Waals surface area contributed by atoms with Gasteiger partial charge in [0, 0.05) is 11.4 Å². The number of hydrogen-bond donors (Lipinski definition) is 1. The molecule has 1 heterocycles. The van der Waals surface area contributed by atoms with E-state index in [-0.39, 0.29) is 0 Å². The molecule has 1 fully saturated rings. The molecule has 1 atom stereocenters. The van der Waals surface area contributed by atoms with E-state index in [2.05, 4.69) is 42.6 Å². The fraction of sp³-hybridized carbons (Fsp3) is 0.471. The van der Waals surface area contributed by atoms with Gasteiger partial charge in [-0.25, -0.2) is 0 Å². The van der Waals surface area contributed by atoms with Gasteiger partial charge in [-0.15, -0.1) is 0 Å². The molecular formula is C17H22N2. The zero-order valence-electron chi connectivity index (χ0n) is 11.8. The lowest BCUT2D eigenvalue weighted by Gasteiger charge is -2.17. The topological polar surface area (TPSA) is 24.9 Å². The molecule has 0 saturated heterocycles. The van der Waals surface area contributed by atoms with Crippen LogP contribution in [0.4, 0.5) is 0 Å². The van der Waals surface area contributed by atoms with Crippen molar-refractivity contribution in [1.82, 2.24) is 10.3 Å². The van der Waals surface area contributed by atoms with Crippen LogP contribution in [-0.4, -0.2) is 12.0 Å². The summed E-state index contributed by atoms with van der Waals surface area (Å²) in [5.74, 6) is 0.984. The summed E-state index contributed by atoms with van der Waals surface area (Å²) in [6, 6.07) is 11.1. The lowest BCUT2D eigenvalue weighted by atomic mass is 10.0. The molecule has 0 amide bonds. The molecule has 1 saturated carbocycles.